The molecular formula is C11H14N6O2. The summed E-state index contributed by atoms with van der Waals surface area (Å²) in [6.45, 7) is 2.23. The van der Waals surface area contributed by atoms with Crippen molar-refractivity contribution < 1.29 is 9.32 Å². The van der Waals surface area contributed by atoms with Gasteiger partial charge in [-0.05, 0) is 12.1 Å². The average molecular weight is 262 g/mol. The Labute approximate surface area is 109 Å². The van der Waals surface area contributed by atoms with Crippen LogP contribution in [-0.2, 0) is 6.42 Å². The molecule has 1 amide bonds. The molecule has 100 valence electrons. The van der Waals surface area contributed by atoms with E-state index in [1.54, 1.807) is 13.0 Å². The van der Waals surface area contributed by atoms with Crippen molar-refractivity contribution in [3.8, 4) is 0 Å². The third kappa shape index (κ3) is 3.18. The molecule has 8 heteroatoms. The molecule has 2 rings (SSSR count). The average Bonchev–Trinajstić information content (AvgIpc) is 2.77. The summed E-state index contributed by atoms with van der Waals surface area (Å²) < 4.78 is 4.85. The minimum absolute atomic E-state index is 0.159. The van der Waals surface area contributed by atoms with Crippen molar-refractivity contribution in [3.63, 3.8) is 0 Å². The van der Waals surface area contributed by atoms with E-state index in [9.17, 15) is 4.79 Å². The Morgan fingerprint density at radius 2 is 2.21 bits per heavy atom. The highest BCUT2D eigenvalue weighted by Crippen LogP contribution is 2.15. The molecule has 19 heavy (non-hydrogen) atoms. The van der Waals surface area contributed by atoms with Gasteiger partial charge in [0, 0.05) is 19.9 Å². The van der Waals surface area contributed by atoms with Crippen molar-refractivity contribution in [1.82, 2.24) is 15.1 Å². The van der Waals surface area contributed by atoms with Gasteiger partial charge < -0.3 is 21.3 Å². The lowest BCUT2D eigenvalue weighted by Gasteiger charge is -2.08. The normalized spacial score (nSPS) is 10.4. The number of nitrogen functional groups attached to an aromatic ring is 1. The summed E-state index contributed by atoms with van der Waals surface area (Å²) in [6, 6.07) is 3.05. The number of primary amides is 1. The van der Waals surface area contributed by atoms with Crippen LogP contribution in [0.1, 0.15) is 22.2 Å². The minimum atomic E-state index is -0.600. The van der Waals surface area contributed by atoms with Gasteiger partial charge in [0.05, 0.1) is 5.69 Å². The second-order valence-electron chi connectivity index (χ2n) is 3.90. The molecule has 2 aromatic heterocycles. The quantitative estimate of drug-likeness (QED) is 0.696. The van der Waals surface area contributed by atoms with Gasteiger partial charge in [0.15, 0.2) is 5.82 Å². The van der Waals surface area contributed by atoms with E-state index in [1.165, 1.54) is 6.07 Å². The molecule has 0 aliphatic rings. The number of amides is 1. The maximum Gasteiger partial charge on any atom is 0.267 e. The molecule has 5 N–H and O–H groups in total. The van der Waals surface area contributed by atoms with E-state index in [1.807, 2.05) is 0 Å². The highest BCUT2D eigenvalue weighted by molar-refractivity contribution is 5.91. The molecule has 0 saturated carbocycles. The monoisotopic (exact) mass is 262 g/mol. The zero-order valence-electron chi connectivity index (χ0n) is 10.4. The Morgan fingerprint density at radius 3 is 2.84 bits per heavy atom. The molecule has 0 aromatic carbocycles. The first-order valence-electron chi connectivity index (χ1n) is 5.65. The molecule has 0 fully saturated rings. The molecule has 0 aliphatic carbocycles. The van der Waals surface area contributed by atoms with Gasteiger partial charge in [0.1, 0.15) is 11.5 Å². The largest absolute Gasteiger partial charge is 0.396 e. The number of pyridine rings is 1. The van der Waals surface area contributed by atoms with Gasteiger partial charge in [-0.1, -0.05) is 5.16 Å². The van der Waals surface area contributed by atoms with E-state index in [-0.39, 0.29) is 5.69 Å². The molecule has 0 saturated heterocycles. The van der Waals surface area contributed by atoms with Gasteiger partial charge in [0.25, 0.3) is 5.91 Å². The molecule has 0 atom stereocenters. The molecular weight excluding hydrogens is 248 g/mol. The first-order chi connectivity index (χ1) is 9.06. The van der Waals surface area contributed by atoms with Crippen LogP contribution < -0.4 is 16.8 Å². The topological polar surface area (TPSA) is 133 Å². The standard InChI is InChI=1S/C11H14N6O2/c1-6-15-9(17-19-6)4-5-14-11-7(12)2-3-8(16-11)10(13)18/h2-3H,4-5,12H2,1H3,(H2,13,18)(H,14,16). The van der Waals surface area contributed by atoms with Crippen molar-refractivity contribution in [2.45, 2.75) is 13.3 Å². The fraction of sp³-hybridized carbons (Fsp3) is 0.273. The Balaban J connectivity index is 1.99. The number of nitrogens with one attached hydrogen (secondary N) is 1. The lowest BCUT2D eigenvalue weighted by atomic mass is 10.3. The van der Waals surface area contributed by atoms with Crippen LogP contribution >= 0.6 is 0 Å². The number of carbonyl (C=O) groups is 1. The number of rotatable bonds is 5. The third-order valence-electron chi connectivity index (χ3n) is 2.39. The molecule has 8 nitrogen and oxygen atoms in total. The van der Waals surface area contributed by atoms with Gasteiger partial charge in [0.2, 0.25) is 5.89 Å². The second kappa shape index (κ2) is 5.34. The van der Waals surface area contributed by atoms with Gasteiger partial charge in [-0.2, -0.15) is 4.98 Å². The molecule has 2 heterocycles. The summed E-state index contributed by atoms with van der Waals surface area (Å²) in [4.78, 5) is 19.1. The van der Waals surface area contributed by atoms with E-state index in [2.05, 4.69) is 20.4 Å². The van der Waals surface area contributed by atoms with Crippen molar-refractivity contribution in [3.05, 3.63) is 29.5 Å². The van der Waals surface area contributed by atoms with Crippen molar-refractivity contribution in [2.24, 2.45) is 5.73 Å². The summed E-state index contributed by atoms with van der Waals surface area (Å²) in [5, 5.41) is 6.76. The van der Waals surface area contributed by atoms with Crippen LogP contribution in [0.4, 0.5) is 11.5 Å². The van der Waals surface area contributed by atoms with Crippen LogP contribution in [0.25, 0.3) is 0 Å². The lowest BCUT2D eigenvalue weighted by molar-refractivity contribution is 0.0996. The van der Waals surface area contributed by atoms with Gasteiger partial charge in [-0.15, -0.1) is 0 Å². The van der Waals surface area contributed by atoms with E-state index in [0.717, 1.165) is 0 Å². The fourth-order valence-corrected chi connectivity index (χ4v) is 1.48. The summed E-state index contributed by atoms with van der Waals surface area (Å²) in [5.74, 6) is 0.923. The number of aromatic nitrogens is 3. The van der Waals surface area contributed by atoms with Crippen LogP contribution in [0.3, 0.4) is 0 Å². The van der Waals surface area contributed by atoms with Gasteiger partial charge in [-0.25, -0.2) is 4.98 Å². The summed E-state index contributed by atoms with van der Waals surface area (Å²) in [6.07, 6.45) is 0.555. The molecule has 2 aromatic rings. The van der Waals surface area contributed by atoms with E-state index < -0.39 is 5.91 Å². The summed E-state index contributed by atoms with van der Waals surface area (Å²) >= 11 is 0. The molecule has 0 radical (unpaired) electrons. The smallest absolute Gasteiger partial charge is 0.267 e. The maximum atomic E-state index is 11.0. The Hall–Kier alpha value is -2.64. The van der Waals surface area contributed by atoms with Crippen molar-refractivity contribution in [2.75, 3.05) is 17.6 Å². The zero-order valence-corrected chi connectivity index (χ0v) is 10.4. The number of nitrogens with zero attached hydrogens (tertiary/aromatic N) is 3. The number of nitrogens with two attached hydrogens (primary N) is 2. The predicted molar refractivity (Wildman–Crippen MR) is 68.4 cm³/mol. The molecule has 0 bridgehead atoms. The van der Waals surface area contributed by atoms with Gasteiger partial charge in [-0.3, -0.25) is 4.79 Å². The van der Waals surface area contributed by atoms with E-state index in [4.69, 9.17) is 16.0 Å². The van der Waals surface area contributed by atoms with Crippen LogP contribution in [0.5, 0.6) is 0 Å². The van der Waals surface area contributed by atoms with Crippen LogP contribution in [-0.4, -0.2) is 27.6 Å². The summed E-state index contributed by atoms with van der Waals surface area (Å²) in [7, 11) is 0. The summed E-state index contributed by atoms with van der Waals surface area (Å²) in [5.41, 5.74) is 11.5. The number of hydrogen-bond donors (Lipinski definition) is 3. The Morgan fingerprint density at radius 1 is 1.42 bits per heavy atom. The van der Waals surface area contributed by atoms with Crippen molar-refractivity contribution in [1.29, 1.82) is 0 Å². The Bertz CT molecular complexity index is 595. The molecule has 0 spiro atoms. The zero-order chi connectivity index (χ0) is 13.8. The lowest BCUT2D eigenvalue weighted by Crippen LogP contribution is -2.16. The van der Waals surface area contributed by atoms with Gasteiger partial charge >= 0.3 is 0 Å². The maximum absolute atomic E-state index is 11.0. The molecule has 0 aliphatic heterocycles. The highest BCUT2D eigenvalue weighted by Gasteiger charge is 2.07. The molecule has 0 unspecified atom stereocenters. The number of aryl methyl sites for hydroxylation is 1. The first kappa shape index (κ1) is 12.8. The van der Waals surface area contributed by atoms with Crippen LogP contribution in [0, 0.1) is 6.92 Å². The minimum Gasteiger partial charge on any atom is -0.396 e. The van der Waals surface area contributed by atoms with Crippen molar-refractivity contribution >= 4 is 17.4 Å². The predicted octanol–water partition coefficient (Wildman–Crippen LogP) is 0.109. The van der Waals surface area contributed by atoms with Crippen LogP contribution in [0.15, 0.2) is 16.7 Å². The highest BCUT2D eigenvalue weighted by atomic mass is 16.5. The number of anilines is 2. The SMILES string of the molecule is Cc1nc(CCNc2nc(C(N)=O)ccc2N)no1. The Kier molecular flexibility index (Phi) is 3.60. The third-order valence-corrected chi connectivity index (χ3v) is 2.39. The number of carbonyl (C=O) groups excluding carboxylic acids is 1. The number of hydrogen-bond acceptors (Lipinski definition) is 7. The first-order valence-corrected chi connectivity index (χ1v) is 5.65. The fourth-order valence-electron chi connectivity index (χ4n) is 1.48. The van der Waals surface area contributed by atoms with E-state index in [0.29, 0.717) is 36.2 Å². The van der Waals surface area contributed by atoms with Crippen LogP contribution in [0.2, 0.25) is 0 Å². The van der Waals surface area contributed by atoms with E-state index >= 15 is 0 Å². The second-order valence-corrected chi connectivity index (χ2v) is 3.90.